The maximum absolute atomic E-state index is 6.06. The highest BCUT2D eigenvalue weighted by Gasteiger charge is 2.08. The number of aryl methyl sites for hydroxylation is 2. The van der Waals surface area contributed by atoms with Gasteiger partial charge in [0.2, 0.25) is 0 Å². The van der Waals surface area contributed by atoms with E-state index in [9.17, 15) is 0 Å². The van der Waals surface area contributed by atoms with Crippen LogP contribution in [-0.2, 0) is 6.54 Å². The number of hydrogen-bond acceptors (Lipinski definition) is 2. The molecule has 0 amide bonds. The van der Waals surface area contributed by atoms with Crippen LogP contribution in [0.25, 0.3) is 11.3 Å². The highest BCUT2D eigenvalue weighted by molar-refractivity contribution is 5.70. The zero-order valence-corrected chi connectivity index (χ0v) is 9.77. The van der Waals surface area contributed by atoms with Crippen LogP contribution in [0.4, 0.5) is 5.82 Å². The van der Waals surface area contributed by atoms with Crippen molar-refractivity contribution in [2.24, 2.45) is 0 Å². The summed E-state index contributed by atoms with van der Waals surface area (Å²) >= 11 is 0. The second-order valence-corrected chi connectivity index (χ2v) is 4.04. The molecule has 2 aromatic rings. The molecule has 1 heterocycles. The van der Waals surface area contributed by atoms with E-state index in [2.05, 4.69) is 43.1 Å². The zero-order chi connectivity index (χ0) is 11.5. The molecule has 2 N–H and O–H groups in total. The molecule has 0 bridgehead atoms. The van der Waals surface area contributed by atoms with E-state index in [1.54, 1.807) is 0 Å². The van der Waals surface area contributed by atoms with Crippen LogP contribution in [0.2, 0.25) is 0 Å². The number of nitrogen functional groups attached to an aromatic ring is 1. The molecule has 0 unspecified atom stereocenters. The molecule has 0 radical (unpaired) electrons. The van der Waals surface area contributed by atoms with Gasteiger partial charge in [-0.25, -0.2) is 4.98 Å². The molecule has 0 saturated heterocycles. The van der Waals surface area contributed by atoms with Gasteiger partial charge in [-0.15, -0.1) is 0 Å². The van der Waals surface area contributed by atoms with E-state index in [-0.39, 0.29) is 0 Å². The summed E-state index contributed by atoms with van der Waals surface area (Å²) in [5.74, 6) is 0.755. The van der Waals surface area contributed by atoms with Gasteiger partial charge in [0.1, 0.15) is 11.5 Å². The number of imidazole rings is 1. The van der Waals surface area contributed by atoms with Crippen molar-refractivity contribution in [3.63, 3.8) is 0 Å². The highest BCUT2D eigenvalue weighted by Crippen LogP contribution is 2.24. The third-order valence-corrected chi connectivity index (χ3v) is 2.67. The fourth-order valence-corrected chi connectivity index (χ4v) is 1.74. The van der Waals surface area contributed by atoms with Gasteiger partial charge in [-0.3, -0.25) is 0 Å². The van der Waals surface area contributed by atoms with Crippen LogP contribution in [0.15, 0.2) is 30.6 Å². The predicted octanol–water partition coefficient (Wildman–Crippen LogP) is 2.85. The molecule has 1 aromatic carbocycles. The zero-order valence-electron chi connectivity index (χ0n) is 9.77. The molecule has 0 aliphatic rings. The lowest BCUT2D eigenvalue weighted by Crippen LogP contribution is -2.01. The van der Waals surface area contributed by atoms with E-state index in [1.165, 1.54) is 5.56 Å². The lowest BCUT2D eigenvalue weighted by Gasteiger charge is -2.04. The fourth-order valence-electron chi connectivity index (χ4n) is 1.74. The maximum atomic E-state index is 6.06. The molecule has 0 fully saturated rings. The Morgan fingerprint density at radius 2 is 1.94 bits per heavy atom. The third kappa shape index (κ3) is 1.94. The Labute approximate surface area is 95.9 Å². The second kappa shape index (κ2) is 4.39. The van der Waals surface area contributed by atoms with Crippen LogP contribution < -0.4 is 5.73 Å². The molecule has 3 heteroatoms. The van der Waals surface area contributed by atoms with Gasteiger partial charge in [-0.1, -0.05) is 36.8 Å². The van der Waals surface area contributed by atoms with Gasteiger partial charge in [-0.2, -0.15) is 0 Å². The summed E-state index contributed by atoms with van der Waals surface area (Å²) in [6, 6.07) is 8.27. The lowest BCUT2D eigenvalue weighted by atomic mass is 10.1. The summed E-state index contributed by atoms with van der Waals surface area (Å²) in [7, 11) is 0. The van der Waals surface area contributed by atoms with Gasteiger partial charge < -0.3 is 10.3 Å². The van der Waals surface area contributed by atoms with Gasteiger partial charge >= 0.3 is 0 Å². The Bertz CT molecular complexity index is 468. The van der Waals surface area contributed by atoms with Crippen LogP contribution in [0, 0.1) is 6.92 Å². The van der Waals surface area contributed by atoms with Crippen LogP contribution in [0.1, 0.15) is 18.9 Å². The first-order valence-electron chi connectivity index (χ1n) is 5.60. The Balaban J connectivity index is 2.37. The molecular weight excluding hydrogens is 198 g/mol. The van der Waals surface area contributed by atoms with Gasteiger partial charge in [0.25, 0.3) is 0 Å². The van der Waals surface area contributed by atoms with E-state index >= 15 is 0 Å². The summed E-state index contributed by atoms with van der Waals surface area (Å²) < 4.78 is 2.00. The molecule has 0 aliphatic carbocycles. The van der Waals surface area contributed by atoms with E-state index in [4.69, 9.17) is 5.73 Å². The number of nitrogens with two attached hydrogens (primary N) is 1. The third-order valence-electron chi connectivity index (χ3n) is 2.67. The summed E-state index contributed by atoms with van der Waals surface area (Å²) in [5, 5.41) is 0. The van der Waals surface area contributed by atoms with Crippen molar-refractivity contribution in [3.8, 4) is 11.3 Å². The first kappa shape index (κ1) is 10.7. The van der Waals surface area contributed by atoms with Crippen LogP contribution in [0.5, 0.6) is 0 Å². The number of anilines is 1. The van der Waals surface area contributed by atoms with Crippen LogP contribution in [-0.4, -0.2) is 9.55 Å². The second-order valence-electron chi connectivity index (χ2n) is 4.04. The number of aromatic nitrogens is 2. The topological polar surface area (TPSA) is 43.8 Å². The van der Waals surface area contributed by atoms with Crippen molar-refractivity contribution in [3.05, 3.63) is 36.2 Å². The average Bonchev–Trinajstić information content (AvgIpc) is 2.63. The van der Waals surface area contributed by atoms with Gasteiger partial charge in [-0.05, 0) is 13.3 Å². The largest absolute Gasteiger partial charge is 0.383 e. The first-order chi connectivity index (χ1) is 7.72. The molecular formula is C13H17N3. The Hall–Kier alpha value is -1.77. The normalized spacial score (nSPS) is 10.6. The minimum absolute atomic E-state index is 0.755. The van der Waals surface area contributed by atoms with E-state index in [1.807, 2.05) is 10.9 Å². The average molecular weight is 215 g/mol. The summed E-state index contributed by atoms with van der Waals surface area (Å²) in [5.41, 5.74) is 9.27. The quantitative estimate of drug-likeness (QED) is 0.855. The van der Waals surface area contributed by atoms with Crippen molar-refractivity contribution in [1.82, 2.24) is 9.55 Å². The van der Waals surface area contributed by atoms with Gasteiger partial charge in [0, 0.05) is 12.1 Å². The molecule has 1 aromatic heterocycles. The summed E-state index contributed by atoms with van der Waals surface area (Å²) in [4.78, 5) is 4.37. The number of hydrogen-bond donors (Lipinski definition) is 1. The monoisotopic (exact) mass is 215 g/mol. The van der Waals surface area contributed by atoms with Crippen LogP contribution in [0.3, 0.4) is 0 Å². The van der Waals surface area contributed by atoms with E-state index in [0.29, 0.717) is 0 Å². The minimum Gasteiger partial charge on any atom is -0.383 e. The smallest absolute Gasteiger partial charge is 0.131 e. The van der Waals surface area contributed by atoms with Gasteiger partial charge in [0.05, 0.1) is 6.33 Å². The van der Waals surface area contributed by atoms with Gasteiger partial charge in [0.15, 0.2) is 0 Å². The van der Waals surface area contributed by atoms with Crippen molar-refractivity contribution < 1.29 is 0 Å². The Kier molecular flexibility index (Phi) is 2.95. The number of rotatable bonds is 3. The summed E-state index contributed by atoms with van der Waals surface area (Å²) in [6.07, 6.45) is 2.88. The Morgan fingerprint density at radius 1 is 1.25 bits per heavy atom. The highest BCUT2D eigenvalue weighted by atomic mass is 15.1. The molecule has 0 saturated carbocycles. The van der Waals surface area contributed by atoms with Crippen molar-refractivity contribution in [2.75, 3.05) is 5.73 Å². The number of nitrogens with zero attached hydrogens (tertiary/aromatic N) is 2. The fraction of sp³-hybridized carbons (Fsp3) is 0.308. The van der Waals surface area contributed by atoms with E-state index in [0.717, 1.165) is 30.0 Å². The SMILES string of the molecule is CCCn1cnc(-c2ccc(C)cc2)c1N. The molecule has 0 spiro atoms. The molecule has 2 rings (SSSR count). The maximum Gasteiger partial charge on any atom is 0.131 e. The molecule has 16 heavy (non-hydrogen) atoms. The standard InChI is InChI=1S/C13H17N3/c1-3-8-16-9-15-12(13(16)14)11-6-4-10(2)5-7-11/h4-7,9H,3,8,14H2,1-2H3. The predicted molar refractivity (Wildman–Crippen MR) is 67.1 cm³/mol. The molecule has 0 aliphatic heterocycles. The minimum atomic E-state index is 0.755. The molecule has 84 valence electrons. The van der Waals surface area contributed by atoms with Crippen molar-refractivity contribution >= 4 is 5.82 Å². The van der Waals surface area contributed by atoms with Crippen molar-refractivity contribution in [2.45, 2.75) is 26.8 Å². The van der Waals surface area contributed by atoms with Crippen molar-refractivity contribution in [1.29, 1.82) is 0 Å². The van der Waals surface area contributed by atoms with Crippen LogP contribution >= 0.6 is 0 Å². The summed E-state index contributed by atoms with van der Waals surface area (Å²) in [6.45, 7) is 5.12. The number of benzene rings is 1. The first-order valence-corrected chi connectivity index (χ1v) is 5.60. The Morgan fingerprint density at radius 3 is 2.56 bits per heavy atom. The van der Waals surface area contributed by atoms with E-state index < -0.39 is 0 Å². The molecule has 0 atom stereocenters. The lowest BCUT2D eigenvalue weighted by molar-refractivity contribution is 0.686. The molecule has 3 nitrogen and oxygen atoms in total.